The molecule has 0 saturated carbocycles. The quantitative estimate of drug-likeness (QED) is 0.456. The van der Waals surface area contributed by atoms with Gasteiger partial charge in [-0.15, -0.1) is 0 Å². The lowest BCUT2D eigenvalue weighted by Gasteiger charge is -2.06. The second-order valence-corrected chi connectivity index (χ2v) is 7.81. The number of rotatable bonds is 7. The van der Waals surface area contributed by atoms with Gasteiger partial charge >= 0.3 is 5.97 Å². The summed E-state index contributed by atoms with van der Waals surface area (Å²) < 4.78 is 10.1. The minimum Gasteiger partial charge on any atom is -0.462 e. The molecule has 6 nitrogen and oxygen atoms in total. The van der Waals surface area contributed by atoms with Gasteiger partial charge in [-0.1, -0.05) is 36.0 Å². The van der Waals surface area contributed by atoms with E-state index >= 15 is 0 Å². The molecule has 0 spiro atoms. The van der Waals surface area contributed by atoms with Crippen molar-refractivity contribution in [3.05, 3.63) is 59.7 Å². The number of aryl methyl sites for hydroxylation is 1. The second-order valence-electron chi connectivity index (χ2n) is 5.83. The van der Waals surface area contributed by atoms with E-state index < -0.39 is 0 Å². The molecule has 0 aliphatic carbocycles. The van der Waals surface area contributed by atoms with Crippen molar-refractivity contribution in [2.45, 2.75) is 18.2 Å². The fourth-order valence-electron chi connectivity index (χ4n) is 2.43. The highest BCUT2D eigenvalue weighted by molar-refractivity contribution is 8.01. The van der Waals surface area contributed by atoms with E-state index in [-0.39, 0.29) is 17.6 Å². The Morgan fingerprint density at radius 3 is 2.61 bits per heavy atom. The molecular weight excluding hydrogens is 394 g/mol. The van der Waals surface area contributed by atoms with E-state index in [1.165, 1.54) is 23.3 Å². The zero-order chi connectivity index (χ0) is 19.9. The lowest BCUT2D eigenvalue weighted by atomic mass is 10.1. The first-order valence-corrected chi connectivity index (χ1v) is 10.4. The summed E-state index contributed by atoms with van der Waals surface area (Å²) in [7, 11) is 0. The van der Waals surface area contributed by atoms with Gasteiger partial charge in [-0.2, -0.15) is 4.37 Å². The number of esters is 1. The molecule has 0 bridgehead atoms. The zero-order valence-electron chi connectivity index (χ0n) is 15.5. The first kappa shape index (κ1) is 20.0. The van der Waals surface area contributed by atoms with Gasteiger partial charge in [-0.05, 0) is 55.2 Å². The Morgan fingerprint density at radius 2 is 1.89 bits per heavy atom. The number of carbonyl (C=O) groups is 2. The topological polar surface area (TPSA) is 81.2 Å². The number of anilines is 1. The smallest absolute Gasteiger partial charge is 0.338 e. The summed E-state index contributed by atoms with van der Waals surface area (Å²) in [6.07, 6.45) is 0. The van der Waals surface area contributed by atoms with Crippen molar-refractivity contribution in [3.63, 3.8) is 0 Å². The predicted molar refractivity (Wildman–Crippen MR) is 112 cm³/mol. The van der Waals surface area contributed by atoms with E-state index in [4.69, 9.17) is 4.74 Å². The van der Waals surface area contributed by atoms with Crippen LogP contribution in [0.25, 0.3) is 11.4 Å². The van der Waals surface area contributed by atoms with Crippen LogP contribution in [0.1, 0.15) is 22.8 Å². The first-order valence-electron chi connectivity index (χ1n) is 8.66. The van der Waals surface area contributed by atoms with E-state index in [1.54, 1.807) is 31.2 Å². The average Bonchev–Trinajstić information content (AvgIpc) is 3.16. The van der Waals surface area contributed by atoms with Crippen LogP contribution in [0.5, 0.6) is 0 Å². The normalized spacial score (nSPS) is 10.5. The van der Waals surface area contributed by atoms with Crippen LogP contribution in [-0.4, -0.2) is 33.6 Å². The van der Waals surface area contributed by atoms with Gasteiger partial charge in [0.05, 0.1) is 17.9 Å². The Bertz CT molecular complexity index is 971. The third kappa shape index (κ3) is 5.17. The number of hydrogen-bond donors (Lipinski definition) is 1. The molecule has 28 heavy (non-hydrogen) atoms. The van der Waals surface area contributed by atoms with Crippen LogP contribution in [0.15, 0.2) is 52.9 Å². The summed E-state index contributed by atoms with van der Waals surface area (Å²) in [6, 6.07) is 14.5. The van der Waals surface area contributed by atoms with E-state index in [2.05, 4.69) is 14.7 Å². The molecule has 0 atom stereocenters. The SMILES string of the molecule is CCOC(=O)c1ccc(NC(=O)CSc2nc(-c3ccccc3C)ns2)cc1. The number of amides is 1. The van der Waals surface area contributed by atoms with Gasteiger partial charge in [0, 0.05) is 11.3 Å². The molecule has 0 aliphatic heterocycles. The second kappa shape index (κ2) is 9.48. The van der Waals surface area contributed by atoms with Crippen molar-refractivity contribution in [2.75, 3.05) is 17.7 Å². The molecule has 1 aromatic heterocycles. The summed E-state index contributed by atoms with van der Waals surface area (Å²) in [5, 5.41) is 2.80. The van der Waals surface area contributed by atoms with Gasteiger partial charge in [0.1, 0.15) is 0 Å². The van der Waals surface area contributed by atoms with E-state index in [0.717, 1.165) is 15.5 Å². The molecule has 144 valence electrons. The van der Waals surface area contributed by atoms with Crippen molar-refractivity contribution in [3.8, 4) is 11.4 Å². The Labute approximate surface area is 171 Å². The molecule has 1 N–H and O–H groups in total. The summed E-state index contributed by atoms with van der Waals surface area (Å²) in [5.41, 5.74) is 3.18. The lowest BCUT2D eigenvalue weighted by molar-refractivity contribution is -0.113. The Hall–Kier alpha value is -2.71. The van der Waals surface area contributed by atoms with Crippen LogP contribution in [0.3, 0.4) is 0 Å². The number of ether oxygens (including phenoxy) is 1. The van der Waals surface area contributed by atoms with Crippen molar-refractivity contribution in [1.29, 1.82) is 0 Å². The number of carbonyl (C=O) groups excluding carboxylic acids is 2. The van der Waals surface area contributed by atoms with E-state index in [1.807, 2.05) is 31.2 Å². The first-order chi connectivity index (χ1) is 13.6. The summed E-state index contributed by atoms with van der Waals surface area (Å²) >= 11 is 2.62. The van der Waals surface area contributed by atoms with Crippen molar-refractivity contribution in [1.82, 2.24) is 9.36 Å². The third-order valence-electron chi connectivity index (χ3n) is 3.80. The number of nitrogens with one attached hydrogen (secondary N) is 1. The minimum absolute atomic E-state index is 0.151. The molecule has 8 heteroatoms. The van der Waals surface area contributed by atoms with Gasteiger partial charge in [0.25, 0.3) is 0 Å². The molecule has 3 aromatic rings. The van der Waals surface area contributed by atoms with Crippen LogP contribution in [0.2, 0.25) is 0 Å². The largest absolute Gasteiger partial charge is 0.462 e. The number of benzene rings is 2. The minimum atomic E-state index is -0.378. The Morgan fingerprint density at radius 1 is 1.14 bits per heavy atom. The predicted octanol–water partition coefficient (Wildman–Crippen LogP) is 4.42. The Balaban J connectivity index is 1.54. The van der Waals surface area contributed by atoms with Gasteiger partial charge < -0.3 is 10.1 Å². The summed E-state index contributed by atoms with van der Waals surface area (Å²) in [4.78, 5) is 28.3. The molecule has 1 amide bonds. The van der Waals surface area contributed by atoms with Crippen LogP contribution in [0, 0.1) is 6.92 Å². The molecular formula is C20H19N3O3S2. The highest BCUT2D eigenvalue weighted by Crippen LogP contribution is 2.27. The van der Waals surface area contributed by atoms with E-state index in [0.29, 0.717) is 23.7 Å². The molecule has 2 aromatic carbocycles. The molecule has 1 heterocycles. The maximum Gasteiger partial charge on any atom is 0.338 e. The number of nitrogens with zero attached hydrogens (tertiary/aromatic N) is 2. The number of hydrogen-bond acceptors (Lipinski definition) is 7. The van der Waals surface area contributed by atoms with Crippen LogP contribution in [0.4, 0.5) is 5.69 Å². The Kier molecular flexibility index (Phi) is 6.78. The highest BCUT2D eigenvalue weighted by atomic mass is 32.2. The van der Waals surface area contributed by atoms with Crippen LogP contribution < -0.4 is 5.32 Å². The standard InChI is InChI=1S/C20H19N3O3S2/c1-3-26-19(25)14-8-10-15(11-9-14)21-17(24)12-27-20-22-18(23-28-20)16-7-5-4-6-13(16)2/h4-11H,3,12H2,1-2H3,(H,21,24). The molecule has 0 unspecified atom stereocenters. The van der Waals surface area contributed by atoms with Crippen molar-refractivity contribution in [2.24, 2.45) is 0 Å². The number of aromatic nitrogens is 2. The number of thioether (sulfide) groups is 1. The van der Waals surface area contributed by atoms with Crippen LogP contribution in [-0.2, 0) is 9.53 Å². The fourth-order valence-corrected chi connectivity index (χ4v) is 3.84. The van der Waals surface area contributed by atoms with Crippen molar-refractivity contribution >= 4 is 40.9 Å². The fraction of sp³-hybridized carbons (Fsp3) is 0.200. The molecule has 0 saturated heterocycles. The van der Waals surface area contributed by atoms with Gasteiger partial charge in [0.15, 0.2) is 10.2 Å². The highest BCUT2D eigenvalue weighted by Gasteiger charge is 2.12. The maximum absolute atomic E-state index is 12.2. The zero-order valence-corrected chi connectivity index (χ0v) is 17.1. The van der Waals surface area contributed by atoms with Gasteiger partial charge in [-0.3, -0.25) is 4.79 Å². The monoisotopic (exact) mass is 413 g/mol. The summed E-state index contributed by atoms with van der Waals surface area (Å²) in [5.74, 6) is 0.376. The van der Waals surface area contributed by atoms with E-state index in [9.17, 15) is 9.59 Å². The molecule has 0 radical (unpaired) electrons. The maximum atomic E-state index is 12.2. The molecule has 0 fully saturated rings. The van der Waals surface area contributed by atoms with Crippen LogP contribution >= 0.6 is 23.3 Å². The summed E-state index contributed by atoms with van der Waals surface area (Å²) in [6.45, 7) is 4.10. The third-order valence-corrected chi connectivity index (χ3v) is 5.63. The molecule has 3 rings (SSSR count). The average molecular weight is 414 g/mol. The van der Waals surface area contributed by atoms with Crippen molar-refractivity contribution < 1.29 is 14.3 Å². The lowest BCUT2D eigenvalue weighted by Crippen LogP contribution is -2.14. The molecule has 0 aliphatic rings. The van der Waals surface area contributed by atoms with Gasteiger partial charge in [-0.25, -0.2) is 9.78 Å². The van der Waals surface area contributed by atoms with Gasteiger partial charge in [0.2, 0.25) is 5.91 Å².